The third kappa shape index (κ3) is 2.15. The first-order valence-electron chi connectivity index (χ1n) is 3.67. The molecule has 0 amide bonds. The average molecular weight is 205 g/mol. The number of pyridine rings is 1. The zero-order chi connectivity index (χ0) is 10.1. The Morgan fingerprint density at radius 2 is 2.23 bits per heavy atom. The highest BCUT2D eigenvalue weighted by Crippen LogP contribution is 2.26. The molecule has 0 saturated heterocycles. The van der Waals surface area contributed by atoms with E-state index in [4.69, 9.17) is 17.5 Å². The average Bonchev–Trinajstić information content (AvgIpc) is 2.09. The number of nitrogens with zero attached hydrogens (tertiary/aromatic N) is 1. The summed E-state index contributed by atoms with van der Waals surface area (Å²) in [5.74, 6) is 4.39. The third-order valence-corrected chi connectivity index (χ3v) is 1.96. The normalized spacial score (nSPS) is 11.8. The summed E-state index contributed by atoms with van der Waals surface area (Å²) in [7, 11) is 0. The lowest BCUT2D eigenvalue weighted by molar-refractivity contribution is -0.0265. The SMILES string of the molecule is CC(C)(ON)c1cc(Cl)cnc1F. The summed E-state index contributed by atoms with van der Waals surface area (Å²) in [6.45, 7) is 3.26. The fourth-order valence-corrected chi connectivity index (χ4v) is 1.07. The Kier molecular flexibility index (Phi) is 2.85. The van der Waals surface area contributed by atoms with Crippen LogP contribution in [0.2, 0.25) is 5.02 Å². The number of halogens is 2. The Balaban J connectivity index is 3.20. The summed E-state index contributed by atoms with van der Waals surface area (Å²) in [5.41, 5.74) is -0.690. The van der Waals surface area contributed by atoms with Gasteiger partial charge in [0, 0.05) is 11.8 Å². The van der Waals surface area contributed by atoms with E-state index in [2.05, 4.69) is 9.82 Å². The van der Waals surface area contributed by atoms with Crippen LogP contribution in [-0.2, 0) is 10.4 Å². The van der Waals surface area contributed by atoms with Crippen LogP contribution in [0.25, 0.3) is 0 Å². The molecule has 0 atom stereocenters. The molecular weight excluding hydrogens is 195 g/mol. The van der Waals surface area contributed by atoms with E-state index < -0.39 is 11.5 Å². The molecule has 0 bridgehead atoms. The molecule has 13 heavy (non-hydrogen) atoms. The zero-order valence-corrected chi connectivity index (χ0v) is 8.10. The van der Waals surface area contributed by atoms with Gasteiger partial charge in [0.05, 0.1) is 5.02 Å². The Morgan fingerprint density at radius 3 is 2.77 bits per heavy atom. The van der Waals surface area contributed by atoms with Crippen molar-refractivity contribution in [1.29, 1.82) is 0 Å². The molecule has 0 spiro atoms. The van der Waals surface area contributed by atoms with Gasteiger partial charge in [0.1, 0.15) is 5.60 Å². The summed E-state index contributed by atoms with van der Waals surface area (Å²) in [4.78, 5) is 8.08. The Morgan fingerprint density at radius 1 is 1.62 bits per heavy atom. The van der Waals surface area contributed by atoms with Gasteiger partial charge < -0.3 is 0 Å². The molecule has 1 rings (SSSR count). The van der Waals surface area contributed by atoms with E-state index >= 15 is 0 Å². The fourth-order valence-electron chi connectivity index (χ4n) is 0.908. The lowest BCUT2D eigenvalue weighted by Crippen LogP contribution is -2.27. The highest BCUT2D eigenvalue weighted by molar-refractivity contribution is 6.30. The van der Waals surface area contributed by atoms with Crippen molar-refractivity contribution in [2.45, 2.75) is 19.4 Å². The van der Waals surface area contributed by atoms with Crippen LogP contribution in [0.4, 0.5) is 4.39 Å². The van der Waals surface area contributed by atoms with E-state index in [9.17, 15) is 4.39 Å². The summed E-state index contributed by atoms with van der Waals surface area (Å²) in [5, 5.41) is 0.349. The molecule has 0 unspecified atom stereocenters. The van der Waals surface area contributed by atoms with Crippen molar-refractivity contribution in [3.8, 4) is 0 Å². The molecule has 0 aliphatic carbocycles. The van der Waals surface area contributed by atoms with Gasteiger partial charge in [-0.2, -0.15) is 4.39 Å². The molecular formula is C8H10ClFN2O. The molecule has 3 nitrogen and oxygen atoms in total. The number of nitrogens with two attached hydrogens (primary N) is 1. The first kappa shape index (κ1) is 10.4. The third-order valence-electron chi connectivity index (χ3n) is 1.75. The molecule has 0 fully saturated rings. The van der Waals surface area contributed by atoms with Crippen LogP contribution in [0, 0.1) is 5.95 Å². The van der Waals surface area contributed by atoms with Gasteiger partial charge in [-0.25, -0.2) is 10.9 Å². The maximum Gasteiger partial charge on any atom is 0.219 e. The Bertz CT molecular complexity index is 317. The number of hydrogen-bond acceptors (Lipinski definition) is 3. The van der Waals surface area contributed by atoms with Crippen molar-refractivity contribution < 1.29 is 9.23 Å². The van der Waals surface area contributed by atoms with Crippen LogP contribution < -0.4 is 5.90 Å². The highest BCUT2D eigenvalue weighted by Gasteiger charge is 2.25. The number of aromatic nitrogens is 1. The zero-order valence-electron chi connectivity index (χ0n) is 7.34. The van der Waals surface area contributed by atoms with Crippen LogP contribution in [0.5, 0.6) is 0 Å². The molecule has 0 saturated carbocycles. The predicted octanol–water partition coefficient (Wildman–Crippen LogP) is 2.00. The van der Waals surface area contributed by atoms with Crippen molar-refractivity contribution in [3.05, 3.63) is 28.8 Å². The van der Waals surface area contributed by atoms with Crippen molar-refractivity contribution in [2.75, 3.05) is 0 Å². The van der Waals surface area contributed by atoms with Crippen molar-refractivity contribution >= 4 is 11.6 Å². The molecule has 0 aliphatic rings. The second-order valence-electron chi connectivity index (χ2n) is 3.12. The van der Waals surface area contributed by atoms with E-state index in [1.165, 1.54) is 12.3 Å². The standard InChI is InChI=1S/C8H10ClFN2O/c1-8(2,13-11)6-3-5(9)4-12-7(6)10/h3-4H,11H2,1-2H3. The molecule has 5 heteroatoms. The number of hydrogen-bond donors (Lipinski definition) is 1. The van der Waals surface area contributed by atoms with E-state index in [1.807, 2.05) is 0 Å². The quantitative estimate of drug-likeness (QED) is 0.592. The Labute approximate surface area is 80.6 Å². The second kappa shape index (κ2) is 3.57. The maximum absolute atomic E-state index is 13.1. The van der Waals surface area contributed by atoms with Gasteiger partial charge >= 0.3 is 0 Å². The monoisotopic (exact) mass is 204 g/mol. The molecule has 0 aliphatic heterocycles. The lowest BCUT2D eigenvalue weighted by Gasteiger charge is -2.22. The first-order valence-corrected chi connectivity index (χ1v) is 4.04. The predicted molar refractivity (Wildman–Crippen MR) is 47.5 cm³/mol. The first-order chi connectivity index (χ1) is 5.97. The largest absolute Gasteiger partial charge is 0.294 e. The summed E-state index contributed by atoms with van der Waals surface area (Å²) in [6, 6.07) is 1.44. The molecule has 2 N–H and O–H groups in total. The molecule has 0 aromatic carbocycles. The summed E-state index contributed by atoms with van der Waals surface area (Å²) in [6.07, 6.45) is 1.23. The van der Waals surface area contributed by atoms with Gasteiger partial charge in [-0.05, 0) is 19.9 Å². The molecule has 1 heterocycles. The maximum atomic E-state index is 13.1. The van der Waals surface area contributed by atoms with E-state index in [0.29, 0.717) is 5.02 Å². The van der Waals surface area contributed by atoms with E-state index in [-0.39, 0.29) is 5.56 Å². The smallest absolute Gasteiger partial charge is 0.219 e. The summed E-state index contributed by atoms with van der Waals surface area (Å²) >= 11 is 5.65. The second-order valence-corrected chi connectivity index (χ2v) is 3.56. The minimum absolute atomic E-state index is 0.238. The van der Waals surface area contributed by atoms with Crippen molar-refractivity contribution in [1.82, 2.24) is 4.98 Å². The fraction of sp³-hybridized carbons (Fsp3) is 0.375. The molecule has 1 aromatic heterocycles. The van der Waals surface area contributed by atoms with Crippen molar-refractivity contribution in [3.63, 3.8) is 0 Å². The topological polar surface area (TPSA) is 48.1 Å². The van der Waals surface area contributed by atoms with Crippen LogP contribution >= 0.6 is 11.6 Å². The van der Waals surface area contributed by atoms with Gasteiger partial charge in [0.2, 0.25) is 5.95 Å². The minimum atomic E-state index is -0.929. The molecule has 1 aromatic rings. The summed E-state index contributed by atoms with van der Waals surface area (Å²) < 4.78 is 13.1. The van der Waals surface area contributed by atoms with E-state index in [0.717, 1.165) is 0 Å². The van der Waals surface area contributed by atoms with E-state index in [1.54, 1.807) is 13.8 Å². The van der Waals surface area contributed by atoms with Gasteiger partial charge in [-0.3, -0.25) is 4.84 Å². The van der Waals surface area contributed by atoms with Gasteiger partial charge in [-0.15, -0.1) is 0 Å². The van der Waals surface area contributed by atoms with Gasteiger partial charge in [0.25, 0.3) is 0 Å². The van der Waals surface area contributed by atoms with Crippen LogP contribution in [0.1, 0.15) is 19.4 Å². The Hall–Kier alpha value is -0.710. The molecule has 0 radical (unpaired) electrons. The van der Waals surface area contributed by atoms with Gasteiger partial charge in [0.15, 0.2) is 0 Å². The van der Waals surface area contributed by atoms with Crippen molar-refractivity contribution in [2.24, 2.45) is 5.90 Å². The lowest BCUT2D eigenvalue weighted by atomic mass is 10.0. The molecule has 72 valence electrons. The minimum Gasteiger partial charge on any atom is -0.294 e. The van der Waals surface area contributed by atoms with Crippen LogP contribution in [-0.4, -0.2) is 4.98 Å². The van der Waals surface area contributed by atoms with Crippen LogP contribution in [0.15, 0.2) is 12.3 Å². The highest BCUT2D eigenvalue weighted by atomic mass is 35.5. The number of rotatable bonds is 2. The van der Waals surface area contributed by atoms with Crippen LogP contribution in [0.3, 0.4) is 0 Å². The van der Waals surface area contributed by atoms with Gasteiger partial charge in [-0.1, -0.05) is 11.6 Å².